The van der Waals surface area contributed by atoms with Crippen molar-refractivity contribution in [1.82, 2.24) is 4.90 Å². The number of fused-ring (bicyclic) bond motifs is 1. The Morgan fingerprint density at radius 2 is 1.96 bits per heavy atom. The number of Topliss-reactive ketones (excluding diaryl/α,β-unsaturated/α-hetero) is 1. The molecule has 23 heavy (non-hydrogen) atoms. The molecule has 5 heteroatoms. The highest BCUT2D eigenvalue weighted by molar-refractivity contribution is 6.05. The predicted octanol–water partition coefficient (Wildman–Crippen LogP) is 2.60. The Labute approximate surface area is 136 Å². The van der Waals surface area contributed by atoms with Crippen molar-refractivity contribution in [1.29, 1.82) is 0 Å². The molecule has 3 aliphatic rings. The zero-order valence-corrected chi connectivity index (χ0v) is 13.6. The fourth-order valence-electron chi connectivity index (χ4n) is 3.85. The Morgan fingerprint density at radius 1 is 1.22 bits per heavy atom. The normalized spacial score (nSPS) is 25.2. The molecule has 0 bridgehead atoms. The molecule has 0 spiro atoms. The van der Waals surface area contributed by atoms with Gasteiger partial charge in [-0.05, 0) is 37.4 Å². The first-order valence-electron chi connectivity index (χ1n) is 8.76. The van der Waals surface area contributed by atoms with E-state index in [1.165, 1.54) is 6.07 Å². The van der Waals surface area contributed by atoms with Crippen LogP contribution in [0.5, 0.6) is 0 Å². The Morgan fingerprint density at radius 3 is 2.61 bits per heavy atom. The zero-order valence-electron chi connectivity index (χ0n) is 13.6. The van der Waals surface area contributed by atoms with Crippen molar-refractivity contribution in [3.8, 4) is 0 Å². The molecule has 1 N–H and O–H groups in total. The molecular weight excluding hydrogens is 293 g/mol. The monoisotopic (exact) mass is 317 g/mol. The van der Waals surface area contributed by atoms with E-state index in [1.54, 1.807) is 0 Å². The fourth-order valence-corrected chi connectivity index (χ4v) is 3.85. The van der Waals surface area contributed by atoms with Crippen LogP contribution in [0, 0.1) is 17.7 Å². The van der Waals surface area contributed by atoms with Gasteiger partial charge in [-0.3, -0.25) is 4.79 Å². The Kier molecular flexibility index (Phi) is 3.76. The molecule has 1 aromatic carbocycles. The standard InChI is InChI=1S/C18H24FN3O/c1-2-21-5-7-22(8-6-21)17-10-16-13(9-15(17)19)18(23)14(11-20-16)12-3-4-12/h9-10,12,14,20H,2-8,11H2,1H3. The van der Waals surface area contributed by atoms with Crippen LogP contribution in [0.1, 0.15) is 30.1 Å². The molecule has 4 rings (SSSR count). The summed E-state index contributed by atoms with van der Waals surface area (Å²) in [4.78, 5) is 17.1. The van der Waals surface area contributed by atoms with Crippen molar-refractivity contribution in [2.75, 3.05) is 49.5 Å². The van der Waals surface area contributed by atoms with Gasteiger partial charge in [0.15, 0.2) is 5.78 Å². The molecule has 2 heterocycles. The number of piperazine rings is 1. The summed E-state index contributed by atoms with van der Waals surface area (Å²) in [6.07, 6.45) is 2.27. The predicted molar refractivity (Wildman–Crippen MR) is 89.8 cm³/mol. The Balaban J connectivity index is 1.58. The van der Waals surface area contributed by atoms with E-state index >= 15 is 0 Å². The molecular formula is C18H24FN3O. The summed E-state index contributed by atoms with van der Waals surface area (Å²) in [6, 6.07) is 3.30. The number of ketones is 1. The highest BCUT2D eigenvalue weighted by Crippen LogP contribution is 2.42. The number of carbonyl (C=O) groups excluding carboxylic acids is 1. The lowest BCUT2D eigenvalue weighted by Crippen LogP contribution is -2.46. The van der Waals surface area contributed by atoms with Crippen LogP contribution >= 0.6 is 0 Å². The maximum atomic E-state index is 14.6. The van der Waals surface area contributed by atoms with Gasteiger partial charge in [0.25, 0.3) is 0 Å². The van der Waals surface area contributed by atoms with Crippen LogP contribution in [0.4, 0.5) is 15.8 Å². The highest BCUT2D eigenvalue weighted by Gasteiger charge is 2.39. The summed E-state index contributed by atoms with van der Waals surface area (Å²) in [7, 11) is 0. The van der Waals surface area contributed by atoms with Gasteiger partial charge < -0.3 is 15.1 Å². The van der Waals surface area contributed by atoms with Gasteiger partial charge in [-0.15, -0.1) is 0 Å². The van der Waals surface area contributed by atoms with Crippen LogP contribution in [0.2, 0.25) is 0 Å². The Hall–Kier alpha value is -1.62. The first kappa shape index (κ1) is 14.9. The molecule has 4 nitrogen and oxygen atoms in total. The number of rotatable bonds is 3. The minimum atomic E-state index is -0.264. The molecule has 124 valence electrons. The summed E-state index contributed by atoms with van der Waals surface area (Å²) in [6.45, 7) is 7.49. The van der Waals surface area contributed by atoms with Crippen molar-refractivity contribution in [3.63, 3.8) is 0 Å². The topological polar surface area (TPSA) is 35.6 Å². The van der Waals surface area contributed by atoms with Gasteiger partial charge in [0, 0.05) is 49.9 Å². The van der Waals surface area contributed by atoms with Gasteiger partial charge in [-0.1, -0.05) is 6.92 Å². The van der Waals surface area contributed by atoms with Gasteiger partial charge in [0.2, 0.25) is 0 Å². The lowest BCUT2D eigenvalue weighted by atomic mass is 9.88. The molecule has 0 radical (unpaired) electrons. The van der Waals surface area contributed by atoms with Crippen LogP contribution in [-0.2, 0) is 0 Å². The summed E-state index contributed by atoms with van der Waals surface area (Å²) in [5.74, 6) is 0.414. The van der Waals surface area contributed by atoms with E-state index in [-0.39, 0.29) is 17.5 Å². The molecule has 0 aromatic heterocycles. The third-order valence-electron chi connectivity index (χ3n) is 5.55. The number of halogens is 1. The van der Waals surface area contributed by atoms with E-state index in [9.17, 15) is 9.18 Å². The molecule has 2 aliphatic heterocycles. The van der Waals surface area contributed by atoms with E-state index < -0.39 is 0 Å². The fraction of sp³-hybridized carbons (Fsp3) is 0.611. The van der Waals surface area contributed by atoms with Crippen LogP contribution in [0.3, 0.4) is 0 Å². The number of benzene rings is 1. The molecule has 1 atom stereocenters. The van der Waals surface area contributed by atoms with Crippen molar-refractivity contribution in [2.45, 2.75) is 19.8 Å². The van der Waals surface area contributed by atoms with E-state index in [0.29, 0.717) is 23.7 Å². The second kappa shape index (κ2) is 5.78. The van der Waals surface area contributed by atoms with Gasteiger partial charge in [0.05, 0.1) is 5.69 Å². The largest absolute Gasteiger partial charge is 0.384 e. The van der Waals surface area contributed by atoms with E-state index in [1.807, 2.05) is 6.07 Å². The van der Waals surface area contributed by atoms with Gasteiger partial charge >= 0.3 is 0 Å². The smallest absolute Gasteiger partial charge is 0.170 e. The lowest BCUT2D eigenvalue weighted by Gasteiger charge is -2.36. The number of nitrogens with zero attached hydrogens (tertiary/aromatic N) is 2. The number of hydrogen-bond donors (Lipinski definition) is 1. The van der Waals surface area contributed by atoms with Crippen molar-refractivity contribution in [3.05, 3.63) is 23.5 Å². The van der Waals surface area contributed by atoms with Crippen LogP contribution < -0.4 is 10.2 Å². The minimum absolute atomic E-state index is 0.0425. The summed E-state index contributed by atoms with van der Waals surface area (Å²) >= 11 is 0. The van der Waals surface area contributed by atoms with Gasteiger partial charge in [-0.2, -0.15) is 0 Å². The number of anilines is 2. The molecule has 0 amide bonds. The molecule has 1 aliphatic carbocycles. The lowest BCUT2D eigenvalue weighted by molar-refractivity contribution is 0.0907. The second-order valence-corrected chi connectivity index (χ2v) is 6.96. The zero-order chi connectivity index (χ0) is 16.0. The first-order valence-corrected chi connectivity index (χ1v) is 8.76. The third-order valence-corrected chi connectivity index (χ3v) is 5.55. The third kappa shape index (κ3) is 2.71. The quantitative estimate of drug-likeness (QED) is 0.929. The summed E-state index contributed by atoms with van der Waals surface area (Å²) in [5, 5.41) is 3.37. The molecule has 1 unspecified atom stereocenters. The maximum absolute atomic E-state index is 14.6. The van der Waals surface area contributed by atoms with Gasteiger partial charge in [-0.25, -0.2) is 4.39 Å². The van der Waals surface area contributed by atoms with Crippen LogP contribution in [0.25, 0.3) is 0 Å². The number of likely N-dealkylation sites (N-methyl/N-ethyl adjacent to an activating group) is 1. The maximum Gasteiger partial charge on any atom is 0.170 e. The molecule has 2 fully saturated rings. The average molecular weight is 317 g/mol. The Bertz CT molecular complexity index is 621. The van der Waals surface area contributed by atoms with Crippen LogP contribution in [-0.4, -0.2) is 50.0 Å². The van der Waals surface area contributed by atoms with Gasteiger partial charge in [0.1, 0.15) is 5.82 Å². The van der Waals surface area contributed by atoms with Crippen LogP contribution in [0.15, 0.2) is 12.1 Å². The van der Waals surface area contributed by atoms with Crippen molar-refractivity contribution >= 4 is 17.2 Å². The molecule has 1 saturated carbocycles. The number of nitrogens with one attached hydrogen (secondary N) is 1. The number of hydrogen-bond acceptors (Lipinski definition) is 4. The van der Waals surface area contributed by atoms with Crippen molar-refractivity contribution < 1.29 is 9.18 Å². The summed E-state index contributed by atoms with van der Waals surface area (Å²) in [5.41, 5.74) is 1.98. The van der Waals surface area contributed by atoms with E-state index in [0.717, 1.165) is 51.3 Å². The van der Waals surface area contributed by atoms with E-state index in [2.05, 4.69) is 22.0 Å². The van der Waals surface area contributed by atoms with Crippen molar-refractivity contribution in [2.24, 2.45) is 11.8 Å². The SMILES string of the molecule is CCN1CCN(c2cc3c(cc2F)C(=O)C(C2CC2)CN3)CC1. The highest BCUT2D eigenvalue weighted by atomic mass is 19.1. The minimum Gasteiger partial charge on any atom is -0.384 e. The van der Waals surface area contributed by atoms with E-state index in [4.69, 9.17) is 0 Å². The first-order chi connectivity index (χ1) is 11.2. The molecule has 1 saturated heterocycles. The average Bonchev–Trinajstić information content (AvgIpc) is 3.40. The second-order valence-electron chi connectivity index (χ2n) is 6.96. The summed E-state index contributed by atoms with van der Waals surface area (Å²) < 4.78 is 14.6. The number of carbonyl (C=O) groups is 1. The molecule has 1 aromatic rings.